The van der Waals surface area contributed by atoms with E-state index >= 15 is 0 Å². The quantitative estimate of drug-likeness (QED) is 0.520. The van der Waals surface area contributed by atoms with Crippen molar-refractivity contribution >= 4 is 0 Å². The van der Waals surface area contributed by atoms with Gasteiger partial charge in [-0.25, -0.2) is 18.4 Å². The molecule has 0 saturated carbocycles. The number of hydrogen-bond donors (Lipinski definition) is 1. The predicted molar refractivity (Wildman–Crippen MR) is 115 cm³/mol. The van der Waals surface area contributed by atoms with Gasteiger partial charge in [0.25, 0.3) is 0 Å². The number of hydrogen-bond acceptors (Lipinski definition) is 5. The summed E-state index contributed by atoms with van der Waals surface area (Å²) in [6, 6.07) is 13.9. The van der Waals surface area contributed by atoms with Crippen molar-refractivity contribution in [3.05, 3.63) is 89.8 Å². The fourth-order valence-electron chi connectivity index (χ4n) is 3.93. The van der Waals surface area contributed by atoms with Crippen molar-refractivity contribution in [2.45, 2.75) is 25.7 Å². The number of rotatable bonds is 5. The molecule has 1 atom stereocenters. The molecule has 0 aliphatic carbocycles. The molecule has 1 aliphatic heterocycles. The van der Waals surface area contributed by atoms with E-state index in [9.17, 15) is 13.9 Å². The van der Waals surface area contributed by atoms with E-state index in [2.05, 4.69) is 15.1 Å². The van der Waals surface area contributed by atoms with Crippen molar-refractivity contribution in [3.63, 3.8) is 0 Å². The van der Waals surface area contributed by atoms with Gasteiger partial charge in [-0.2, -0.15) is 5.10 Å². The average molecular weight is 433 g/mol. The van der Waals surface area contributed by atoms with Gasteiger partial charge in [0.05, 0.1) is 6.54 Å². The maximum atomic E-state index is 13.5. The van der Waals surface area contributed by atoms with Gasteiger partial charge in [0.2, 0.25) is 0 Å². The van der Waals surface area contributed by atoms with E-state index < -0.39 is 6.23 Å². The highest BCUT2D eigenvalue weighted by molar-refractivity contribution is 5.61. The summed E-state index contributed by atoms with van der Waals surface area (Å²) < 4.78 is 28.4. The molecule has 0 bridgehead atoms. The van der Waals surface area contributed by atoms with Crippen LogP contribution in [-0.2, 0) is 19.5 Å². The van der Waals surface area contributed by atoms with Gasteiger partial charge in [0.15, 0.2) is 11.6 Å². The van der Waals surface area contributed by atoms with Gasteiger partial charge in [0.1, 0.15) is 17.9 Å². The average Bonchev–Trinajstić information content (AvgIpc) is 3.23. The zero-order chi connectivity index (χ0) is 22.1. The number of nitrogens with zero attached hydrogens (tertiary/aromatic N) is 5. The smallest absolute Gasteiger partial charge is 0.181 e. The molecular formula is C24H21F2N5O. The van der Waals surface area contributed by atoms with Crippen LogP contribution in [0.4, 0.5) is 8.78 Å². The van der Waals surface area contributed by atoms with Gasteiger partial charge >= 0.3 is 0 Å². The summed E-state index contributed by atoms with van der Waals surface area (Å²) in [5.41, 5.74) is 3.67. The van der Waals surface area contributed by atoms with Gasteiger partial charge in [-0.05, 0) is 72.1 Å². The largest absolute Gasteiger partial charge is 0.376 e. The molecule has 0 radical (unpaired) electrons. The number of benzene rings is 2. The van der Waals surface area contributed by atoms with Crippen LogP contribution in [0.5, 0.6) is 0 Å². The van der Waals surface area contributed by atoms with Gasteiger partial charge in [-0.1, -0.05) is 0 Å². The SMILES string of the molecule is OC(Cn1nc(-c2ccc(F)cc2)nc1-c1ccc(F)cc1)N1CCc2ccncc2C1. The van der Waals surface area contributed by atoms with Gasteiger partial charge in [-0.15, -0.1) is 0 Å². The Morgan fingerprint density at radius 1 is 0.906 bits per heavy atom. The molecular weight excluding hydrogens is 412 g/mol. The van der Waals surface area contributed by atoms with Crippen LogP contribution < -0.4 is 0 Å². The molecule has 1 N–H and O–H groups in total. The van der Waals surface area contributed by atoms with Crippen molar-refractivity contribution in [3.8, 4) is 22.8 Å². The van der Waals surface area contributed by atoms with Crippen LogP contribution in [-0.4, -0.2) is 42.5 Å². The number of aliphatic hydroxyl groups excluding tert-OH is 1. The zero-order valence-corrected chi connectivity index (χ0v) is 17.2. The van der Waals surface area contributed by atoms with Crippen LogP contribution >= 0.6 is 0 Å². The number of pyridine rings is 1. The first kappa shape index (κ1) is 20.4. The first-order chi connectivity index (χ1) is 15.6. The third-order valence-corrected chi connectivity index (χ3v) is 5.68. The zero-order valence-electron chi connectivity index (χ0n) is 17.2. The molecule has 1 aliphatic rings. The third-order valence-electron chi connectivity index (χ3n) is 5.68. The van der Waals surface area contributed by atoms with E-state index in [0.29, 0.717) is 35.9 Å². The van der Waals surface area contributed by atoms with E-state index in [0.717, 1.165) is 12.0 Å². The maximum absolute atomic E-state index is 13.5. The first-order valence-electron chi connectivity index (χ1n) is 10.4. The number of aromatic nitrogens is 4. The highest BCUT2D eigenvalue weighted by Crippen LogP contribution is 2.25. The third kappa shape index (κ3) is 4.15. The summed E-state index contributed by atoms with van der Waals surface area (Å²) in [6.45, 7) is 1.48. The van der Waals surface area contributed by atoms with Crippen molar-refractivity contribution in [1.82, 2.24) is 24.6 Å². The van der Waals surface area contributed by atoms with E-state index in [-0.39, 0.29) is 18.2 Å². The molecule has 2 aromatic carbocycles. The molecule has 5 rings (SSSR count). The second-order valence-electron chi connectivity index (χ2n) is 7.80. The normalized spacial score (nSPS) is 14.8. The fourth-order valence-corrected chi connectivity index (χ4v) is 3.93. The van der Waals surface area contributed by atoms with Crippen LogP contribution in [0.25, 0.3) is 22.8 Å². The van der Waals surface area contributed by atoms with Crippen LogP contribution in [0.1, 0.15) is 11.1 Å². The summed E-state index contributed by atoms with van der Waals surface area (Å²) in [5.74, 6) is 0.216. The van der Waals surface area contributed by atoms with E-state index in [1.807, 2.05) is 17.2 Å². The van der Waals surface area contributed by atoms with Crippen molar-refractivity contribution in [1.29, 1.82) is 0 Å². The Morgan fingerprint density at radius 3 is 2.31 bits per heavy atom. The lowest BCUT2D eigenvalue weighted by molar-refractivity contribution is -0.0194. The van der Waals surface area contributed by atoms with Crippen molar-refractivity contribution in [2.24, 2.45) is 0 Å². The molecule has 4 aromatic rings. The molecule has 3 heterocycles. The van der Waals surface area contributed by atoms with Gasteiger partial charge in [0, 0.05) is 36.6 Å². The van der Waals surface area contributed by atoms with E-state index in [4.69, 9.17) is 0 Å². The first-order valence-corrected chi connectivity index (χ1v) is 10.4. The second kappa shape index (κ2) is 8.57. The Morgan fingerprint density at radius 2 is 1.59 bits per heavy atom. The Bertz CT molecular complexity index is 1220. The molecule has 1 unspecified atom stereocenters. The maximum Gasteiger partial charge on any atom is 0.181 e. The molecule has 0 amide bonds. The van der Waals surface area contributed by atoms with Crippen LogP contribution in [0.3, 0.4) is 0 Å². The number of halogens is 2. The minimum absolute atomic E-state index is 0.177. The number of fused-ring (bicyclic) bond motifs is 1. The standard InChI is InChI=1S/C24H21F2N5O/c25-20-5-1-17(2-6-20)23-28-24(18-3-7-21(26)8-4-18)31(29-23)15-22(32)30-12-10-16-9-11-27-13-19(16)14-30/h1-9,11,13,22,32H,10,12,14-15H2. The highest BCUT2D eigenvalue weighted by atomic mass is 19.1. The van der Waals surface area contributed by atoms with Gasteiger partial charge in [-0.3, -0.25) is 9.88 Å². The molecule has 8 heteroatoms. The molecule has 162 valence electrons. The van der Waals surface area contributed by atoms with E-state index in [1.54, 1.807) is 35.1 Å². The van der Waals surface area contributed by atoms with Crippen LogP contribution in [0.2, 0.25) is 0 Å². The Balaban J connectivity index is 1.45. The molecule has 6 nitrogen and oxygen atoms in total. The predicted octanol–water partition coefficient (Wildman–Crippen LogP) is 3.66. The van der Waals surface area contributed by atoms with Crippen LogP contribution in [0.15, 0.2) is 67.0 Å². The summed E-state index contributed by atoms with van der Waals surface area (Å²) in [7, 11) is 0. The molecule has 2 aromatic heterocycles. The Kier molecular flexibility index (Phi) is 5.46. The lowest BCUT2D eigenvalue weighted by atomic mass is 10.0. The molecule has 0 fully saturated rings. The van der Waals surface area contributed by atoms with Gasteiger partial charge < -0.3 is 5.11 Å². The minimum atomic E-state index is -0.801. The summed E-state index contributed by atoms with van der Waals surface area (Å²) in [5, 5.41) is 15.6. The summed E-state index contributed by atoms with van der Waals surface area (Å²) >= 11 is 0. The lowest BCUT2D eigenvalue weighted by Crippen LogP contribution is -2.41. The Hall–Kier alpha value is -3.49. The van der Waals surface area contributed by atoms with Crippen molar-refractivity contribution < 1.29 is 13.9 Å². The monoisotopic (exact) mass is 433 g/mol. The molecule has 0 saturated heterocycles. The molecule has 0 spiro atoms. The Labute approximate surface area is 183 Å². The fraction of sp³-hybridized carbons (Fsp3) is 0.208. The van der Waals surface area contributed by atoms with Crippen molar-refractivity contribution in [2.75, 3.05) is 6.54 Å². The van der Waals surface area contributed by atoms with E-state index in [1.165, 1.54) is 29.8 Å². The molecule has 32 heavy (non-hydrogen) atoms. The summed E-state index contributed by atoms with van der Waals surface area (Å²) in [6.07, 6.45) is 3.65. The number of aliphatic hydroxyl groups is 1. The lowest BCUT2D eigenvalue weighted by Gasteiger charge is -2.32. The topological polar surface area (TPSA) is 67.1 Å². The van der Waals surface area contributed by atoms with Crippen LogP contribution in [0, 0.1) is 11.6 Å². The highest BCUT2D eigenvalue weighted by Gasteiger charge is 2.24. The minimum Gasteiger partial charge on any atom is -0.376 e. The second-order valence-corrected chi connectivity index (χ2v) is 7.80. The summed E-state index contributed by atoms with van der Waals surface area (Å²) in [4.78, 5) is 10.8.